The van der Waals surface area contributed by atoms with Gasteiger partial charge in [0.1, 0.15) is 5.69 Å². The first-order chi connectivity index (χ1) is 11.6. The number of halogens is 1. The molecule has 2 fully saturated rings. The zero-order valence-electron chi connectivity index (χ0n) is 13.9. The van der Waals surface area contributed by atoms with Crippen LogP contribution >= 0.6 is 0 Å². The van der Waals surface area contributed by atoms with E-state index in [1.165, 1.54) is 0 Å². The van der Waals surface area contributed by atoms with Gasteiger partial charge in [-0.25, -0.2) is 10.8 Å². The van der Waals surface area contributed by atoms with E-state index >= 15 is 0 Å². The number of ether oxygens (including phenoxy) is 1. The molecule has 1 aromatic rings. The lowest BCUT2D eigenvalue weighted by atomic mass is 10.1. The molecule has 0 aromatic carbocycles. The molecule has 1 aromatic heterocycles. The van der Waals surface area contributed by atoms with Gasteiger partial charge in [-0.15, -0.1) is 0 Å². The highest BCUT2D eigenvalue weighted by Crippen LogP contribution is 2.35. The first-order valence-corrected chi connectivity index (χ1v) is 8.35. The minimum atomic E-state index is -0.421. The van der Waals surface area contributed by atoms with Crippen LogP contribution in [0.2, 0.25) is 0 Å². The van der Waals surface area contributed by atoms with Crippen LogP contribution in [0.5, 0.6) is 0 Å². The average molecular weight is 334 g/mol. The molecule has 24 heavy (non-hydrogen) atoms. The average Bonchev–Trinajstić information content (AvgIpc) is 2.95. The number of nitrogens with zero attached hydrogens (tertiary/aromatic N) is 5. The molecule has 0 unspecified atom stereocenters. The Morgan fingerprint density at radius 3 is 2.58 bits per heavy atom. The van der Waals surface area contributed by atoms with Gasteiger partial charge < -0.3 is 9.64 Å². The molecule has 0 amide bonds. The van der Waals surface area contributed by atoms with E-state index in [9.17, 15) is 4.39 Å². The molecule has 3 aliphatic heterocycles. The third kappa shape index (κ3) is 2.65. The number of rotatable bonds is 3. The van der Waals surface area contributed by atoms with Crippen LogP contribution in [-0.2, 0) is 4.74 Å². The Bertz CT molecular complexity index is 642. The summed E-state index contributed by atoms with van der Waals surface area (Å²) >= 11 is 0. The molecule has 8 heteroatoms. The molecule has 0 radical (unpaired) electrons. The smallest absolute Gasteiger partial charge is 0.217 e. The number of hydrazine groups is 2. The van der Waals surface area contributed by atoms with Crippen LogP contribution in [-0.4, -0.2) is 67.0 Å². The van der Waals surface area contributed by atoms with Crippen molar-refractivity contribution in [2.24, 2.45) is 5.84 Å². The molecule has 2 saturated heterocycles. The number of anilines is 2. The maximum atomic E-state index is 14.1. The molecule has 0 saturated carbocycles. The van der Waals surface area contributed by atoms with E-state index < -0.39 is 5.95 Å². The summed E-state index contributed by atoms with van der Waals surface area (Å²) in [6, 6.07) is 0.544. The van der Waals surface area contributed by atoms with Crippen LogP contribution in [0.25, 0.3) is 0 Å². The molecule has 0 spiro atoms. The quantitative estimate of drug-likeness (QED) is 0.637. The topological polar surface area (TPSA) is 61.1 Å². The van der Waals surface area contributed by atoms with E-state index in [-0.39, 0.29) is 0 Å². The van der Waals surface area contributed by atoms with E-state index in [2.05, 4.69) is 14.8 Å². The summed E-state index contributed by atoms with van der Waals surface area (Å²) in [5, 5.41) is 3.43. The highest BCUT2D eigenvalue weighted by Gasteiger charge is 2.31. The zero-order valence-corrected chi connectivity index (χ0v) is 13.9. The highest BCUT2D eigenvalue weighted by molar-refractivity contribution is 5.74. The lowest BCUT2D eigenvalue weighted by Gasteiger charge is -2.44. The standard InChI is InChI=1S/C16H23FN6O/c1-12-15(21-7-5-20(6-8-21)13-10-24-11-13)14(9-19-16(12)17)22-3-2-4-23(22)18/h2-3,9,13H,4-8,10-11,18H2,1H3. The zero-order chi connectivity index (χ0) is 16.7. The second-order valence-corrected chi connectivity index (χ2v) is 6.47. The molecule has 3 aliphatic rings. The van der Waals surface area contributed by atoms with Crippen molar-refractivity contribution in [3.63, 3.8) is 0 Å². The van der Waals surface area contributed by atoms with E-state index in [4.69, 9.17) is 10.6 Å². The summed E-state index contributed by atoms with van der Waals surface area (Å²) in [6.45, 7) is 7.70. The van der Waals surface area contributed by atoms with Crippen molar-refractivity contribution < 1.29 is 9.13 Å². The fourth-order valence-electron chi connectivity index (χ4n) is 3.52. The normalized spacial score (nSPS) is 23.1. The van der Waals surface area contributed by atoms with Crippen LogP contribution in [0.15, 0.2) is 18.5 Å². The fraction of sp³-hybridized carbons (Fsp3) is 0.562. The third-order valence-corrected chi connectivity index (χ3v) is 5.04. The number of hydrogen-bond donors (Lipinski definition) is 1. The summed E-state index contributed by atoms with van der Waals surface area (Å²) in [4.78, 5) is 8.60. The van der Waals surface area contributed by atoms with Gasteiger partial charge >= 0.3 is 0 Å². The summed E-state index contributed by atoms with van der Waals surface area (Å²) in [6.07, 6.45) is 5.44. The Kier molecular flexibility index (Phi) is 4.13. The molecule has 0 atom stereocenters. The van der Waals surface area contributed by atoms with E-state index in [1.54, 1.807) is 18.2 Å². The van der Waals surface area contributed by atoms with Crippen molar-refractivity contribution in [1.29, 1.82) is 0 Å². The minimum Gasteiger partial charge on any atom is -0.378 e. The minimum absolute atomic E-state index is 0.421. The maximum absolute atomic E-state index is 14.1. The monoisotopic (exact) mass is 334 g/mol. The van der Waals surface area contributed by atoms with Crippen molar-refractivity contribution in [2.45, 2.75) is 13.0 Å². The van der Waals surface area contributed by atoms with Crippen molar-refractivity contribution in [3.8, 4) is 0 Å². The number of pyridine rings is 1. The SMILES string of the molecule is Cc1c(F)ncc(N2C=CCN2N)c1N1CCN(C2COC2)CC1. The molecule has 130 valence electrons. The molecular formula is C16H23FN6O. The molecule has 4 rings (SSSR count). The van der Waals surface area contributed by atoms with Gasteiger partial charge in [-0.2, -0.15) is 9.51 Å². The lowest BCUT2D eigenvalue weighted by Crippen LogP contribution is -2.57. The molecule has 0 aliphatic carbocycles. The van der Waals surface area contributed by atoms with Gasteiger partial charge in [-0.05, 0) is 13.0 Å². The van der Waals surface area contributed by atoms with Gasteiger partial charge in [0.2, 0.25) is 5.95 Å². The Labute approximate surface area is 141 Å². The predicted octanol–water partition coefficient (Wildman–Crippen LogP) is 0.474. The molecule has 4 heterocycles. The summed E-state index contributed by atoms with van der Waals surface area (Å²) in [5.74, 6) is 5.60. The van der Waals surface area contributed by atoms with Gasteiger partial charge in [0.15, 0.2) is 0 Å². The lowest BCUT2D eigenvalue weighted by molar-refractivity contribution is -0.0660. The van der Waals surface area contributed by atoms with Crippen molar-refractivity contribution in [3.05, 3.63) is 30.0 Å². The van der Waals surface area contributed by atoms with Gasteiger partial charge in [-0.3, -0.25) is 9.91 Å². The van der Waals surface area contributed by atoms with E-state index in [0.717, 1.165) is 50.8 Å². The van der Waals surface area contributed by atoms with E-state index in [1.807, 2.05) is 17.3 Å². The first kappa shape index (κ1) is 15.8. The number of piperazine rings is 1. The van der Waals surface area contributed by atoms with Crippen LogP contribution in [0.1, 0.15) is 5.56 Å². The number of hydrogen-bond acceptors (Lipinski definition) is 7. The summed E-state index contributed by atoms with van der Waals surface area (Å²) in [7, 11) is 0. The second kappa shape index (κ2) is 6.29. The van der Waals surface area contributed by atoms with Crippen LogP contribution in [0.3, 0.4) is 0 Å². The number of aromatic nitrogens is 1. The Morgan fingerprint density at radius 2 is 2.00 bits per heavy atom. The molecule has 2 N–H and O–H groups in total. The predicted molar refractivity (Wildman–Crippen MR) is 89.8 cm³/mol. The van der Waals surface area contributed by atoms with Gasteiger partial charge in [0, 0.05) is 37.9 Å². The maximum Gasteiger partial charge on any atom is 0.217 e. The van der Waals surface area contributed by atoms with Crippen molar-refractivity contribution in [1.82, 2.24) is 15.0 Å². The van der Waals surface area contributed by atoms with Crippen molar-refractivity contribution in [2.75, 3.05) is 55.8 Å². The molecule has 0 bridgehead atoms. The molecule has 7 nitrogen and oxygen atoms in total. The van der Waals surface area contributed by atoms with E-state index in [0.29, 0.717) is 18.2 Å². The molecular weight excluding hydrogens is 311 g/mol. The number of nitrogens with two attached hydrogens (primary N) is 1. The summed E-state index contributed by atoms with van der Waals surface area (Å²) in [5.41, 5.74) is 2.28. The highest BCUT2D eigenvalue weighted by atomic mass is 19.1. The van der Waals surface area contributed by atoms with Crippen LogP contribution in [0, 0.1) is 12.9 Å². The first-order valence-electron chi connectivity index (χ1n) is 8.35. The second-order valence-electron chi connectivity index (χ2n) is 6.47. The van der Waals surface area contributed by atoms with Gasteiger partial charge in [-0.1, -0.05) is 0 Å². The van der Waals surface area contributed by atoms with Gasteiger partial charge in [0.05, 0.1) is 37.7 Å². The van der Waals surface area contributed by atoms with Crippen molar-refractivity contribution >= 4 is 11.4 Å². The Hall–Kier alpha value is -1.74. The fourth-order valence-corrected chi connectivity index (χ4v) is 3.52. The largest absolute Gasteiger partial charge is 0.378 e. The third-order valence-electron chi connectivity index (χ3n) is 5.04. The van der Waals surface area contributed by atoms with Crippen LogP contribution < -0.4 is 15.8 Å². The Morgan fingerprint density at radius 1 is 1.25 bits per heavy atom. The Balaban J connectivity index is 1.59. The van der Waals surface area contributed by atoms with Crippen LogP contribution in [0.4, 0.5) is 15.8 Å². The summed E-state index contributed by atoms with van der Waals surface area (Å²) < 4.78 is 19.4. The van der Waals surface area contributed by atoms with Gasteiger partial charge in [0.25, 0.3) is 0 Å².